The first-order valence-electron chi connectivity index (χ1n) is 6.37. The van der Waals surface area contributed by atoms with Crippen molar-refractivity contribution >= 4 is 12.9 Å². The molecule has 2 nitrogen and oxygen atoms in total. The SMILES string of the molecule is C=NCC1=CC=CC(C2=CN=C/C=C\C(C)=C2)=CC1. The molecule has 0 saturated carbocycles. The molecule has 0 aromatic carbocycles. The quantitative estimate of drug-likeness (QED) is 0.677. The Hall–Kier alpha value is -2.22. The van der Waals surface area contributed by atoms with E-state index in [1.807, 2.05) is 18.5 Å². The van der Waals surface area contributed by atoms with Crippen molar-refractivity contribution in [3.05, 3.63) is 71.0 Å². The summed E-state index contributed by atoms with van der Waals surface area (Å²) in [6, 6.07) is 0. The molecule has 0 spiro atoms. The zero-order valence-corrected chi connectivity index (χ0v) is 11.2. The first-order valence-corrected chi connectivity index (χ1v) is 6.37. The molecule has 2 rings (SSSR count). The van der Waals surface area contributed by atoms with Gasteiger partial charge >= 0.3 is 0 Å². The molecule has 1 aliphatic heterocycles. The Bertz CT molecular complexity index is 564. The third kappa shape index (κ3) is 3.88. The Morgan fingerprint density at radius 3 is 3.00 bits per heavy atom. The average molecular weight is 250 g/mol. The van der Waals surface area contributed by atoms with Gasteiger partial charge in [-0.15, -0.1) is 0 Å². The van der Waals surface area contributed by atoms with Crippen LogP contribution in [0.1, 0.15) is 13.3 Å². The van der Waals surface area contributed by atoms with Crippen LogP contribution in [0.25, 0.3) is 0 Å². The van der Waals surface area contributed by atoms with Crippen LogP contribution in [0.4, 0.5) is 0 Å². The van der Waals surface area contributed by atoms with Crippen LogP contribution in [0.2, 0.25) is 0 Å². The topological polar surface area (TPSA) is 24.7 Å². The van der Waals surface area contributed by atoms with Crippen LogP contribution in [0, 0.1) is 0 Å². The minimum Gasteiger partial charge on any atom is -0.297 e. The zero-order chi connectivity index (χ0) is 13.5. The molecular formula is C17H18N2. The first kappa shape index (κ1) is 13.2. The predicted molar refractivity (Wildman–Crippen MR) is 83.8 cm³/mol. The van der Waals surface area contributed by atoms with E-state index in [-0.39, 0.29) is 0 Å². The third-order valence-electron chi connectivity index (χ3n) is 2.97. The van der Waals surface area contributed by atoms with Crippen LogP contribution in [0.5, 0.6) is 0 Å². The van der Waals surface area contributed by atoms with Crippen molar-refractivity contribution in [3.63, 3.8) is 0 Å². The van der Waals surface area contributed by atoms with Gasteiger partial charge in [-0.3, -0.25) is 9.98 Å². The van der Waals surface area contributed by atoms with E-state index in [2.05, 4.69) is 60.1 Å². The van der Waals surface area contributed by atoms with Crippen LogP contribution in [-0.2, 0) is 0 Å². The zero-order valence-electron chi connectivity index (χ0n) is 11.2. The van der Waals surface area contributed by atoms with Crippen LogP contribution in [0.15, 0.2) is 81.0 Å². The second-order valence-electron chi connectivity index (χ2n) is 4.56. The summed E-state index contributed by atoms with van der Waals surface area (Å²) in [6.45, 7) is 6.33. The van der Waals surface area contributed by atoms with E-state index in [0.717, 1.165) is 12.0 Å². The Labute approximate surface area is 114 Å². The summed E-state index contributed by atoms with van der Waals surface area (Å²) >= 11 is 0. The van der Waals surface area contributed by atoms with E-state index in [1.54, 1.807) is 0 Å². The molecule has 1 heterocycles. The molecule has 0 amide bonds. The van der Waals surface area contributed by atoms with E-state index < -0.39 is 0 Å². The summed E-state index contributed by atoms with van der Waals surface area (Å²) in [5.74, 6) is 0. The van der Waals surface area contributed by atoms with Gasteiger partial charge in [0.05, 0.1) is 6.54 Å². The summed E-state index contributed by atoms with van der Waals surface area (Å²) in [4.78, 5) is 8.21. The molecule has 0 atom stereocenters. The van der Waals surface area contributed by atoms with Crippen molar-refractivity contribution in [2.24, 2.45) is 9.98 Å². The highest BCUT2D eigenvalue weighted by Gasteiger charge is 2.04. The minimum atomic E-state index is 0.697. The molecule has 0 bridgehead atoms. The van der Waals surface area contributed by atoms with Crippen molar-refractivity contribution in [1.29, 1.82) is 0 Å². The second-order valence-corrected chi connectivity index (χ2v) is 4.56. The maximum atomic E-state index is 4.27. The first-order chi connectivity index (χ1) is 9.29. The molecule has 1 aliphatic carbocycles. The number of hydrogen-bond acceptors (Lipinski definition) is 2. The van der Waals surface area contributed by atoms with Gasteiger partial charge in [0.25, 0.3) is 0 Å². The van der Waals surface area contributed by atoms with Crippen molar-refractivity contribution in [1.82, 2.24) is 0 Å². The summed E-state index contributed by atoms with van der Waals surface area (Å²) in [5.41, 5.74) is 4.83. The van der Waals surface area contributed by atoms with Gasteiger partial charge in [0.1, 0.15) is 0 Å². The van der Waals surface area contributed by atoms with Gasteiger partial charge in [0.15, 0.2) is 0 Å². The number of aliphatic imine (C=N–C) groups is 2. The number of allylic oxidation sites excluding steroid dienone is 10. The molecule has 0 fully saturated rings. The summed E-state index contributed by atoms with van der Waals surface area (Å²) < 4.78 is 0. The molecule has 0 N–H and O–H groups in total. The summed E-state index contributed by atoms with van der Waals surface area (Å²) in [5, 5.41) is 0. The molecule has 0 radical (unpaired) electrons. The van der Waals surface area contributed by atoms with Crippen molar-refractivity contribution < 1.29 is 0 Å². The Morgan fingerprint density at radius 2 is 2.16 bits per heavy atom. The fourth-order valence-electron chi connectivity index (χ4n) is 2.00. The molecule has 0 unspecified atom stereocenters. The highest BCUT2D eigenvalue weighted by Crippen LogP contribution is 2.21. The van der Waals surface area contributed by atoms with Crippen LogP contribution < -0.4 is 0 Å². The summed E-state index contributed by atoms with van der Waals surface area (Å²) in [7, 11) is 0. The van der Waals surface area contributed by atoms with E-state index in [4.69, 9.17) is 0 Å². The Morgan fingerprint density at radius 1 is 1.26 bits per heavy atom. The van der Waals surface area contributed by atoms with Crippen molar-refractivity contribution in [2.45, 2.75) is 13.3 Å². The normalized spacial score (nSPS) is 20.3. The van der Waals surface area contributed by atoms with Gasteiger partial charge in [-0.1, -0.05) is 36.0 Å². The Balaban J connectivity index is 2.23. The smallest absolute Gasteiger partial charge is 0.0598 e. The summed E-state index contributed by atoms with van der Waals surface area (Å²) in [6.07, 6.45) is 19.3. The minimum absolute atomic E-state index is 0.697. The molecular weight excluding hydrogens is 232 g/mol. The largest absolute Gasteiger partial charge is 0.297 e. The molecule has 96 valence electrons. The van der Waals surface area contributed by atoms with E-state index >= 15 is 0 Å². The van der Waals surface area contributed by atoms with Crippen molar-refractivity contribution in [2.75, 3.05) is 6.54 Å². The third-order valence-corrected chi connectivity index (χ3v) is 2.97. The number of nitrogens with zero attached hydrogens (tertiary/aromatic N) is 2. The predicted octanol–water partition coefficient (Wildman–Crippen LogP) is 3.97. The van der Waals surface area contributed by atoms with Gasteiger partial charge in [-0.05, 0) is 48.9 Å². The van der Waals surface area contributed by atoms with E-state index in [1.165, 1.54) is 16.7 Å². The van der Waals surface area contributed by atoms with Gasteiger partial charge in [0, 0.05) is 12.4 Å². The maximum absolute atomic E-state index is 4.27. The van der Waals surface area contributed by atoms with Crippen LogP contribution >= 0.6 is 0 Å². The molecule has 2 heteroatoms. The van der Waals surface area contributed by atoms with Crippen LogP contribution in [-0.4, -0.2) is 19.5 Å². The molecule has 0 aromatic heterocycles. The van der Waals surface area contributed by atoms with E-state index in [9.17, 15) is 0 Å². The maximum Gasteiger partial charge on any atom is 0.0598 e. The fraction of sp³-hybridized carbons (Fsp3) is 0.176. The fourth-order valence-corrected chi connectivity index (χ4v) is 2.00. The molecule has 0 aromatic rings. The number of rotatable bonds is 3. The molecule has 0 saturated heterocycles. The highest BCUT2D eigenvalue weighted by atomic mass is 14.7. The second kappa shape index (κ2) is 6.64. The molecule has 19 heavy (non-hydrogen) atoms. The average Bonchev–Trinajstić information content (AvgIpc) is 2.60. The number of hydrogen-bond donors (Lipinski definition) is 0. The monoisotopic (exact) mass is 250 g/mol. The lowest BCUT2D eigenvalue weighted by molar-refractivity contribution is 1.07. The van der Waals surface area contributed by atoms with Gasteiger partial charge < -0.3 is 0 Å². The standard InChI is InChI=1S/C17H18N2/c1-14-5-4-10-19-13-17(11-14)16-7-3-6-15(8-9-16)12-18-2/h3-7,9-11,13H,2,8,12H2,1H3/b5-4-,10-4?,14-5?,14-11?,17-11?,17-13?,19-10?,19-13?. The lowest BCUT2D eigenvalue weighted by atomic mass is 10.0. The van der Waals surface area contributed by atoms with E-state index in [0.29, 0.717) is 6.54 Å². The lowest BCUT2D eigenvalue weighted by Crippen LogP contribution is -1.88. The lowest BCUT2D eigenvalue weighted by Gasteiger charge is -2.05. The van der Waals surface area contributed by atoms with Gasteiger partial charge in [-0.2, -0.15) is 0 Å². The highest BCUT2D eigenvalue weighted by molar-refractivity contribution is 5.73. The van der Waals surface area contributed by atoms with Gasteiger partial charge in [-0.25, -0.2) is 0 Å². The van der Waals surface area contributed by atoms with Crippen molar-refractivity contribution in [3.8, 4) is 0 Å². The Kier molecular flexibility index (Phi) is 4.62. The van der Waals surface area contributed by atoms with Crippen LogP contribution in [0.3, 0.4) is 0 Å². The van der Waals surface area contributed by atoms with Gasteiger partial charge in [0.2, 0.25) is 0 Å². The molecule has 2 aliphatic rings.